The minimum Gasteiger partial charge on any atom is -0.296 e. The zero-order valence-electron chi connectivity index (χ0n) is 14.2. The van der Waals surface area contributed by atoms with Gasteiger partial charge in [0.15, 0.2) is 0 Å². The summed E-state index contributed by atoms with van der Waals surface area (Å²) in [4.78, 5) is 21.8. The molecular weight excluding hydrogens is 310 g/mol. The van der Waals surface area contributed by atoms with Crippen molar-refractivity contribution in [3.05, 3.63) is 70.0 Å². The van der Waals surface area contributed by atoms with Crippen molar-refractivity contribution >= 4 is 10.9 Å². The third-order valence-electron chi connectivity index (χ3n) is 4.74. The first-order valence-electron chi connectivity index (χ1n) is 8.67. The average Bonchev–Trinajstić information content (AvgIpc) is 2.83. The van der Waals surface area contributed by atoms with E-state index in [-0.39, 0.29) is 5.56 Å². The monoisotopic (exact) mass is 329 g/mol. The van der Waals surface area contributed by atoms with Crippen LogP contribution in [0.3, 0.4) is 0 Å². The van der Waals surface area contributed by atoms with Gasteiger partial charge in [-0.15, -0.1) is 0 Å². The molecule has 3 heterocycles. The summed E-state index contributed by atoms with van der Waals surface area (Å²) < 4.78 is 1.85. The van der Waals surface area contributed by atoms with Gasteiger partial charge in [-0.3, -0.25) is 9.36 Å². The third kappa shape index (κ3) is 3.18. The molecule has 4 rings (SSSR count). The molecule has 25 heavy (non-hydrogen) atoms. The van der Waals surface area contributed by atoms with E-state index in [4.69, 9.17) is 4.98 Å². The maximum atomic E-state index is 12.8. The lowest BCUT2D eigenvalue weighted by Crippen LogP contribution is -2.24. The van der Waals surface area contributed by atoms with Gasteiger partial charge in [-0.1, -0.05) is 18.9 Å². The van der Waals surface area contributed by atoms with Crippen LogP contribution in [0, 0.1) is 17.8 Å². The van der Waals surface area contributed by atoms with Crippen molar-refractivity contribution in [2.24, 2.45) is 5.92 Å². The number of hydrogen-bond donors (Lipinski definition) is 0. The van der Waals surface area contributed by atoms with Gasteiger partial charge >= 0.3 is 0 Å². The molecule has 3 aromatic rings. The molecule has 2 aromatic heterocycles. The number of benzene rings is 1. The molecule has 0 radical (unpaired) electrons. The van der Waals surface area contributed by atoms with E-state index in [2.05, 4.69) is 23.7 Å². The molecule has 0 spiro atoms. The Kier molecular flexibility index (Phi) is 4.07. The fraction of sp³-hybridized carbons (Fsp3) is 0.286. The SMILES string of the molecule is CC1CCc2nc3cc(C#Cc4ccccn4)ccc3c(=O)n2CC1. The van der Waals surface area contributed by atoms with E-state index in [0.29, 0.717) is 11.3 Å². The highest BCUT2D eigenvalue weighted by Crippen LogP contribution is 2.19. The molecule has 1 unspecified atom stereocenters. The molecule has 0 aliphatic carbocycles. The van der Waals surface area contributed by atoms with Gasteiger partial charge < -0.3 is 0 Å². The Bertz CT molecular complexity index is 1040. The molecule has 0 bridgehead atoms. The number of hydrogen-bond acceptors (Lipinski definition) is 3. The number of aryl methyl sites for hydroxylation is 1. The normalized spacial score (nSPS) is 16.6. The van der Waals surface area contributed by atoms with E-state index in [1.54, 1.807) is 6.20 Å². The summed E-state index contributed by atoms with van der Waals surface area (Å²) in [5.74, 6) is 7.69. The number of pyridine rings is 1. The van der Waals surface area contributed by atoms with Crippen LogP contribution in [0.15, 0.2) is 47.4 Å². The summed E-state index contributed by atoms with van der Waals surface area (Å²) in [6.45, 7) is 3.00. The predicted octanol–water partition coefficient (Wildman–Crippen LogP) is 3.16. The zero-order chi connectivity index (χ0) is 17.2. The number of fused-ring (bicyclic) bond motifs is 2. The summed E-state index contributed by atoms with van der Waals surface area (Å²) in [5, 5.41) is 0.668. The molecule has 4 nitrogen and oxygen atoms in total. The van der Waals surface area contributed by atoms with Crippen molar-refractivity contribution in [3.8, 4) is 11.8 Å². The quantitative estimate of drug-likeness (QED) is 0.595. The van der Waals surface area contributed by atoms with Crippen LogP contribution in [0.25, 0.3) is 10.9 Å². The summed E-state index contributed by atoms with van der Waals surface area (Å²) in [7, 11) is 0. The van der Waals surface area contributed by atoms with Crippen LogP contribution in [0.4, 0.5) is 0 Å². The van der Waals surface area contributed by atoms with Crippen LogP contribution >= 0.6 is 0 Å². The maximum Gasteiger partial charge on any atom is 0.261 e. The second-order valence-electron chi connectivity index (χ2n) is 6.61. The lowest BCUT2D eigenvalue weighted by Gasteiger charge is -2.10. The summed E-state index contributed by atoms with van der Waals surface area (Å²) in [6, 6.07) is 11.3. The molecule has 1 aliphatic heterocycles. The van der Waals surface area contributed by atoms with Crippen LogP contribution in [-0.2, 0) is 13.0 Å². The van der Waals surface area contributed by atoms with Crippen molar-refractivity contribution < 1.29 is 0 Å². The molecule has 1 aromatic carbocycles. The predicted molar refractivity (Wildman–Crippen MR) is 98.3 cm³/mol. The van der Waals surface area contributed by atoms with Crippen molar-refractivity contribution in [2.45, 2.75) is 32.7 Å². The Labute approximate surface area is 146 Å². The Hall–Kier alpha value is -2.93. The van der Waals surface area contributed by atoms with E-state index in [0.717, 1.165) is 48.4 Å². The van der Waals surface area contributed by atoms with Crippen LogP contribution in [0.5, 0.6) is 0 Å². The van der Waals surface area contributed by atoms with Crippen LogP contribution in [0.1, 0.15) is 36.8 Å². The molecular formula is C21H19N3O. The van der Waals surface area contributed by atoms with Crippen LogP contribution in [-0.4, -0.2) is 14.5 Å². The molecule has 0 N–H and O–H groups in total. The first-order valence-corrected chi connectivity index (χ1v) is 8.67. The molecule has 1 atom stereocenters. The highest BCUT2D eigenvalue weighted by Gasteiger charge is 2.16. The number of rotatable bonds is 0. The number of nitrogens with zero attached hydrogens (tertiary/aromatic N) is 3. The Morgan fingerprint density at radius 2 is 2.08 bits per heavy atom. The second kappa shape index (κ2) is 6.52. The van der Waals surface area contributed by atoms with Crippen LogP contribution < -0.4 is 5.56 Å². The van der Waals surface area contributed by atoms with E-state index in [1.807, 2.05) is 41.0 Å². The summed E-state index contributed by atoms with van der Waals surface area (Å²) >= 11 is 0. The van der Waals surface area contributed by atoms with E-state index in [1.165, 1.54) is 0 Å². The minimum atomic E-state index is 0.0679. The first-order chi connectivity index (χ1) is 12.2. The van der Waals surface area contributed by atoms with E-state index >= 15 is 0 Å². The van der Waals surface area contributed by atoms with E-state index in [9.17, 15) is 4.79 Å². The lowest BCUT2D eigenvalue weighted by atomic mass is 10.0. The topological polar surface area (TPSA) is 47.8 Å². The van der Waals surface area contributed by atoms with Crippen LogP contribution in [0.2, 0.25) is 0 Å². The first kappa shape index (κ1) is 15.6. The fourth-order valence-corrected chi connectivity index (χ4v) is 3.21. The third-order valence-corrected chi connectivity index (χ3v) is 4.74. The minimum absolute atomic E-state index is 0.0679. The Morgan fingerprint density at radius 1 is 1.16 bits per heavy atom. The molecule has 1 aliphatic rings. The molecule has 0 saturated heterocycles. The molecule has 0 fully saturated rings. The Morgan fingerprint density at radius 3 is 2.92 bits per heavy atom. The Balaban J connectivity index is 1.77. The molecule has 124 valence electrons. The van der Waals surface area contributed by atoms with Gasteiger partial charge in [-0.2, -0.15) is 0 Å². The van der Waals surface area contributed by atoms with Gasteiger partial charge in [-0.25, -0.2) is 9.97 Å². The highest BCUT2D eigenvalue weighted by atomic mass is 16.1. The average molecular weight is 329 g/mol. The second-order valence-corrected chi connectivity index (χ2v) is 6.61. The van der Waals surface area contributed by atoms with Gasteiger partial charge in [0.25, 0.3) is 5.56 Å². The maximum absolute atomic E-state index is 12.8. The largest absolute Gasteiger partial charge is 0.296 e. The van der Waals surface area contributed by atoms with Crippen molar-refractivity contribution in [3.63, 3.8) is 0 Å². The van der Waals surface area contributed by atoms with Crippen molar-refractivity contribution in [1.29, 1.82) is 0 Å². The fourth-order valence-electron chi connectivity index (χ4n) is 3.21. The lowest BCUT2D eigenvalue weighted by molar-refractivity contribution is 0.484. The van der Waals surface area contributed by atoms with Crippen molar-refractivity contribution in [2.75, 3.05) is 0 Å². The highest BCUT2D eigenvalue weighted by molar-refractivity contribution is 5.79. The van der Waals surface area contributed by atoms with Gasteiger partial charge in [0.05, 0.1) is 10.9 Å². The van der Waals surface area contributed by atoms with Crippen molar-refractivity contribution in [1.82, 2.24) is 14.5 Å². The van der Waals surface area contributed by atoms with Gasteiger partial charge in [-0.05, 0) is 55.0 Å². The standard InChI is InChI=1S/C21H19N3O/c1-15-5-10-20-23-19-14-16(6-8-17-4-2-3-12-22-17)7-9-18(19)21(25)24(20)13-11-15/h2-4,7,9,12,14-15H,5,10-11,13H2,1H3. The zero-order valence-corrected chi connectivity index (χ0v) is 14.2. The number of aromatic nitrogens is 3. The van der Waals surface area contributed by atoms with Gasteiger partial charge in [0, 0.05) is 24.7 Å². The summed E-state index contributed by atoms with van der Waals surface area (Å²) in [5.41, 5.74) is 2.38. The van der Waals surface area contributed by atoms with E-state index < -0.39 is 0 Å². The smallest absolute Gasteiger partial charge is 0.261 e. The molecule has 0 amide bonds. The van der Waals surface area contributed by atoms with Gasteiger partial charge in [0.2, 0.25) is 0 Å². The summed E-state index contributed by atoms with van der Waals surface area (Å²) in [6.07, 6.45) is 4.70. The van der Waals surface area contributed by atoms with Gasteiger partial charge in [0.1, 0.15) is 11.5 Å². The molecule has 0 saturated carbocycles. The molecule has 4 heteroatoms.